The minimum absolute atomic E-state index is 0.0122. The van der Waals surface area contributed by atoms with E-state index in [-0.39, 0.29) is 17.8 Å². The van der Waals surface area contributed by atoms with Gasteiger partial charge in [0.1, 0.15) is 6.10 Å². The minimum atomic E-state index is -0.582. The number of H-pyrrole nitrogens is 1. The molecule has 0 saturated carbocycles. The standard InChI is InChI=1S/C8H13N5O3/c1-8(2)15-4-5(16-8)3-9-7(14)6-10-12-13-11-6/h5H,3-4H2,1-2H3,(H,9,14)(H,10,11,12,13). The molecule has 1 saturated heterocycles. The molecule has 1 amide bonds. The highest BCUT2D eigenvalue weighted by molar-refractivity contribution is 5.89. The fourth-order valence-electron chi connectivity index (χ4n) is 1.41. The highest BCUT2D eigenvalue weighted by atomic mass is 16.7. The highest BCUT2D eigenvalue weighted by Crippen LogP contribution is 2.21. The molecule has 1 atom stereocenters. The van der Waals surface area contributed by atoms with E-state index in [4.69, 9.17) is 9.47 Å². The zero-order valence-corrected chi connectivity index (χ0v) is 9.06. The predicted molar refractivity (Wildman–Crippen MR) is 51.4 cm³/mol. The van der Waals surface area contributed by atoms with Crippen molar-refractivity contribution in [2.45, 2.75) is 25.7 Å². The second kappa shape index (κ2) is 4.14. The lowest BCUT2D eigenvalue weighted by molar-refractivity contribution is -0.137. The van der Waals surface area contributed by atoms with Gasteiger partial charge in [-0.05, 0) is 19.1 Å². The summed E-state index contributed by atoms with van der Waals surface area (Å²) in [6, 6.07) is 0. The van der Waals surface area contributed by atoms with Crippen molar-refractivity contribution in [1.82, 2.24) is 25.9 Å². The number of tetrazole rings is 1. The molecule has 1 unspecified atom stereocenters. The Balaban J connectivity index is 1.79. The normalized spacial score (nSPS) is 23.2. The van der Waals surface area contributed by atoms with E-state index in [2.05, 4.69) is 25.9 Å². The minimum Gasteiger partial charge on any atom is -0.348 e. The topological polar surface area (TPSA) is 102 Å². The lowest BCUT2D eigenvalue weighted by Gasteiger charge is -2.16. The molecule has 16 heavy (non-hydrogen) atoms. The Morgan fingerprint density at radius 1 is 1.69 bits per heavy atom. The third-order valence-corrected chi connectivity index (χ3v) is 2.11. The first-order chi connectivity index (χ1) is 7.57. The smallest absolute Gasteiger partial charge is 0.292 e. The molecular weight excluding hydrogens is 214 g/mol. The SMILES string of the molecule is CC1(C)OCC(CNC(=O)c2nn[nH]n2)O1. The average Bonchev–Trinajstić information content (AvgIpc) is 2.83. The van der Waals surface area contributed by atoms with E-state index >= 15 is 0 Å². The summed E-state index contributed by atoms with van der Waals surface area (Å²) in [7, 11) is 0. The summed E-state index contributed by atoms with van der Waals surface area (Å²) in [5.41, 5.74) is 0. The summed E-state index contributed by atoms with van der Waals surface area (Å²) >= 11 is 0. The molecule has 1 aromatic rings. The molecule has 2 heterocycles. The van der Waals surface area contributed by atoms with E-state index in [0.717, 1.165) is 0 Å². The van der Waals surface area contributed by atoms with E-state index in [1.165, 1.54) is 0 Å². The summed E-state index contributed by atoms with van der Waals surface area (Å²) < 4.78 is 10.9. The molecular formula is C8H13N5O3. The van der Waals surface area contributed by atoms with E-state index in [1.54, 1.807) is 0 Å². The predicted octanol–water partition coefficient (Wildman–Crippen LogP) is -0.919. The van der Waals surface area contributed by atoms with Crippen molar-refractivity contribution in [3.05, 3.63) is 5.82 Å². The molecule has 1 fully saturated rings. The van der Waals surface area contributed by atoms with E-state index in [1.807, 2.05) is 13.8 Å². The molecule has 0 bridgehead atoms. The zero-order valence-electron chi connectivity index (χ0n) is 9.06. The van der Waals surface area contributed by atoms with Crippen LogP contribution in [-0.2, 0) is 9.47 Å². The van der Waals surface area contributed by atoms with Crippen LogP contribution < -0.4 is 5.32 Å². The van der Waals surface area contributed by atoms with Gasteiger partial charge in [-0.15, -0.1) is 10.2 Å². The second-order valence-corrected chi connectivity index (χ2v) is 3.90. The summed E-state index contributed by atoms with van der Waals surface area (Å²) in [4.78, 5) is 11.4. The lowest BCUT2D eigenvalue weighted by atomic mass is 10.3. The van der Waals surface area contributed by atoms with Crippen LogP contribution in [0.5, 0.6) is 0 Å². The Hall–Kier alpha value is -1.54. The van der Waals surface area contributed by atoms with Crippen molar-refractivity contribution in [3.63, 3.8) is 0 Å². The molecule has 1 aromatic heterocycles. The average molecular weight is 227 g/mol. The molecule has 2 N–H and O–H groups in total. The monoisotopic (exact) mass is 227 g/mol. The molecule has 8 heteroatoms. The van der Waals surface area contributed by atoms with Gasteiger partial charge in [-0.1, -0.05) is 0 Å². The van der Waals surface area contributed by atoms with E-state index < -0.39 is 5.79 Å². The molecule has 0 aromatic carbocycles. The number of nitrogens with zero attached hydrogens (tertiary/aromatic N) is 3. The molecule has 0 radical (unpaired) electrons. The van der Waals surface area contributed by atoms with Gasteiger partial charge in [0, 0.05) is 6.54 Å². The first kappa shape index (κ1) is 11.0. The van der Waals surface area contributed by atoms with Gasteiger partial charge in [0.05, 0.1) is 6.61 Å². The van der Waals surface area contributed by atoms with Crippen LogP contribution in [-0.4, -0.2) is 51.6 Å². The second-order valence-electron chi connectivity index (χ2n) is 3.90. The van der Waals surface area contributed by atoms with Crippen molar-refractivity contribution >= 4 is 5.91 Å². The maximum absolute atomic E-state index is 11.4. The van der Waals surface area contributed by atoms with Gasteiger partial charge < -0.3 is 14.8 Å². The first-order valence-electron chi connectivity index (χ1n) is 4.90. The first-order valence-corrected chi connectivity index (χ1v) is 4.90. The van der Waals surface area contributed by atoms with Gasteiger partial charge in [-0.25, -0.2) is 0 Å². The Morgan fingerprint density at radius 2 is 2.50 bits per heavy atom. The fourth-order valence-corrected chi connectivity index (χ4v) is 1.41. The molecule has 0 spiro atoms. The largest absolute Gasteiger partial charge is 0.348 e. The van der Waals surface area contributed by atoms with E-state index in [0.29, 0.717) is 13.2 Å². The highest BCUT2D eigenvalue weighted by Gasteiger charge is 2.32. The number of carbonyl (C=O) groups excluding carboxylic acids is 1. The number of rotatable bonds is 3. The zero-order chi connectivity index (χ0) is 11.6. The summed E-state index contributed by atoms with van der Waals surface area (Å²) in [5, 5.41) is 15.3. The van der Waals surface area contributed by atoms with E-state index in [9.17, 15) is 4.79 Å². The number of hydrogen-bond donors (Lipinski definition) is 2. The van der Waals surface area contributed by atoms with Crippen molar-refractivity contribution in [3.8, 4) is 0 Å². The summed E-state index contributed by atoms with van der Waals surface area (Å²) in [6.07, 6.45) is -0.147. The van der Waals surface area contributed by atoms with Gasteiger partial charge in [0.2, 0.25) is 0 Å². The van der Waals surface area contributed by atoms with Crippen LogP contribution in [0.1, 0.15) is 24.5 Å². The van der Waals surface area contributed by atoms with Crippen molar-refractivity contribution in [1.29, 1.82) is 0 Å². The van der Waals surface area contributed by atoms with Crippen molar-refractivity contribution in [2.24, 2.45) is 0 Å². The number of nitrogens with one attached hydrogen (secondary N) is 2. The van der Waals surface area contributed by atoms with Gasteiger partial charge in [-0.2, -0.15) is 5.21 Å². The van der Waals surface area contributed by atoms with Crippen LogP contribution in [0, 0.1) is 0 Å². The number of aromatic nitrogens is 4. The maximum atomic E-state index is 11.4. The molecule has 1 aliphatic heterocycles. The van der Waals surface area contributed by atoms with Gasteiger partial charge in [0.25, 0.3) is 11.7 Å². The molecule has 8 nitrogen and oxygen atoms in total. The van der Waals surface area contributed by atoms with Crippen molar-refractivity contribution < 1.29 is 14.3 Å². The van der Waals surface area contributed by atoms with Crippen LogP contribution in [0.15, 0.2) is 0 Å². The number of aromatic amines is 1. The summed E-state index contributed by atoms with van der Waals surface area (Å²) in [6.45, 7) is 4.47. The number of carbonyl (C=O) groups is 1. The number of ether oxygens (including phenoxy) is 2. The van der Waals surface area contributed by atoms with Crippen LogP contribution in [0.25, 0.3) is 0 Å². The number of amides is 1. The Bertz CT molecular complexity index is 364. The van der Waals surface area contributed by atoms with Crippen LogP contribution in [0.2, 0.25) is 0 Å². The quantitative estimate of drug-likeness (QED) is 0.692. The molecule has 0 aliphatic carbocycles. The van der Waals surface area contributed by atoms with Gasteiger partial charge >= 0.3 is 0 Å². The van der Waals surface area contributed by atoms with Crippen LogP contribution >= 0.6 is 0 Å². The van der Waals surface area contributed by atoms with Crippen molar-refractivity contribution in [2.75, 3.05) is 13.2 Å². The maximum Gasteiger partial charge on any atom is 0.292 e. The Kier molecular flexibility index (Phi) is 2.84. The third kappa shape index (κ3) is 2.52. The lowest BCUT2D eigenvalue weighted by Crippen LogP contribution is -2.34. The Morgan fingerprint density at radius 3 is 3.06 bits per heavy atom. The number of hydrogen-bond acceptors (Lipinski definition) is 6. The van der Waals surface area contributed by atoms with Gasteiger partial charge in [0.15, 0.2) is 5.79 Å². The van der Waals surface area contributed by atoms with Crippen LogP contribution in [0.4, 0.5) is 0 Å². The molecule has 1 aliphatic rings. The third-order valence-electron chi connectivity index (χ3n) is 2.11. The van der Waals surface area contributed by atoms with Gasteiger partial charge in [-0.3, -0.25) is 4.79 Å². The van der Waals surface area contributed by atoms with Crippen LogP contribution in [0.3, 0.4) is 0 Å². The summed E-state index contributed by atoms with van der Waals surface area (Å²) in [5.74, 6) is -0.957. The molecule has 2 rings (SSSR count). The Labute approximate surface area is 91.7 Å². The fraction of sp³-hybridized carbons (Fsp3) is 0.750. The molecule has 88 valence electrons.